The lowest BCUT2D eigenvalue weighted by atomic mass is 10.2. The summed E-state index contributed by atoms with van der Waals surface area (Å²) in [6.07, 6.45) is 2.83. The quantitative estimate of drug-likeness (QED) is 0.833. The van der Waals surface area contributed by atoms with Crippen LogP contribution in [0.1, 0.15) is 49.8 Å². The van der Waals surface area contributed by atoms with Crippen LogP contribution in [0, 0.1) is 0 Å². The number of amides is 1. The summed E-state index contributed by atoms with van der Waals surface area (Å²) >= 11 is 0. The van der Waals surface area contributed by atoms with Gasteiger partial charge in [0, 0.05) is 19.1 Å². The molecule has 1 unspecified atom stereocenters. The maximum atomic E-state index is 12.6. The van der Waals surface area contributed by atoms with Crippen molar-refractivity contribution >= 4 is 11.6 Å². The Morgan fingerprint density at radius 1 is 1.43 bits per heavy atom. The standard InChI is InChI=1S/C15H27N5O/c1-4-7-12-13(16)14(18-17-12)15(21)20-9-8-11(10-20)19(5-2)6-3/h11H,4-10,16H2,1-3H3,(H,17,18). The fourth-order valence-electron chi connectivity index (χ4n) is 3.10. The number of aromatic amines is 1. The Morgan fingerprint density at radius 3 is 2.76 bits per heavy atom. The summed E-state index contributed by atoms with van der Waals surface area (Å²) < 4.78 is 0. The molecular formula is C15H27N5O. The highest BCUT2D eigenvalue weighted by molar-refractivity contribution is 5.97. The van der Waals surface area contributed by atoms with Gasteiger partial charge in [0.25, 0.3) is 5.91 Å². The van der Waals surface area contributed by atoms with Crippen molar-refractivity contribution < 1.29 is 4.79 Å². The number of anilines is 1. The van der Waals surface area contributed by atoms with Crippen molar-refractivity contribution in [3.05, 3.63) is 11.4 Å². The van der Waals surface area contributed by atoms with Crippen molar-refractivity contribution in [1.29, 1.82) is 0 Å². The predicted octanol–water partition coefficient (Wildman–Crippen LogP) is 1.50. The van der Waals surface area contributed by atoms with Crippen LogP contribution in [0.15, 0.2) is 0 Å². The van der Waals surface area contributed by atoms with Gasteiger partial charge in [-0.15, -0.1) is 0 Å². The highest BCUT2D eigenvalue weighted by Crippen LogP contribution is 2.21. The highest BCUT2D eigenvalue weighted by Gasteiger charge is 2.31. The molecule has 0 bridgehead atoms. The van der Waals surface area contributed by atoms with Gasteiger partial charge in [0.05, 0.1) is 11.4 Å². The van der Waals surface area contributed by atoms with Gasteiger partial charge in [0.1, 0.15) is 0 Å². The lowest BCUT2D eigenvalue weighted by molar-refractivity contribution is 0.0773. The molecule has 1 atom stereocenters. The second-order valence-corrected chi connectivity index (χ2v) is 5.63. The van der Waals surface area contributed by atoms with E-state index in [0.717, 1.165) is 51.1 Å². The van der Waals surface area contributed by atoms with Gasteiger partial charge in [0.15, 0.2) is 5.69 Å². The Balaban J connectivity index is 2.05. The Kier molecular flexibility index (Phi) is 5.22. The summed E-state index contributed by atoms with van der Waals surface area (Å²) in [6.45, 7) is 10.0. The summed E-state index contributed by atoms with van der Waals surface area (Å²) in [6, 6.07) is 0.458. The van der Waals surface area contributed by atoms with Crippen molar-refractivity contribution in [2.45, 2.75) is 46.1 Å². The monoisotopic (exact) mass is 293 g/mol. The van der Waals surface area contributed by atoms with Crippen molar-refractivity contribution in [2.24, 2.45) is 0 Å². The van der Waals surface area contributed by atoms with Crippen LogP contribution in [0.5, 0.6) is 0 Å². The number of aryl methyl sites for hydroxylation is 1. The van der Waals surface area contributed by atoms with Gasteiger partial charge in [-0.05, 0) is 25.9 Å². The largest absolute Gasteiger partial charge is 0.395 e. The summed E-state index contributed by atoms with van der Waals surface area (Å²) in [7, 11) is 0. The summed E-state index contributed by atoms with van der Waals surface area (Å²) in [5.41, 5.74) is 7.84. The number of nitrogens with two attached hydrogens (primary N) is 1. The maximum absolute atomic E-state index is 12.6. The van der Waals surface area contributed by atoms with Gasteiger partial charge in [0.2, 0.25) is 0 Å². The number of carbonyl (C=O) groups is 1. The molecule has 6 heteroatoms. The summed E-state index contributed by atoms with van der Waals surface area (Å²) in [5.74, 6) is -0.0410. The number of nitrogens with one attached hydrogen (secondary N) is 1. The molecule has 1 aliphatic rings. The average Bonchev–Trinajstić information content (AvgIpc) is 3.09. The van der Waals surface area contributed by atoms with Gasteiger partial charge in [-0.1, -0.05) is 27.2 Å². The van der Waals surface area contributed by atoms with E-state index in [4.69, 9.17) is 5.73 Å². The predicted molar refractivity (Wildman–Crippen MR) is 84.2 cm³/mol. The van der Waals surface area contributed by atoms with Crippen molar-refractivity contribution in [2.75, 3.05) is 31.9 Å². The van der Waals surface area contributed by atoms with Crippen LogP contribution in [0.4, 0.5) is 5.69 Å². The lowest BCUT2D eigenvalue weighted by Crippen LogP contribution is -2.38. The molecule has 1 saturated heterocycles. The van der Waals surface area contributed by atoms with E-state index < -0.39 is 0 Å². The topological polar surface area (TPSA) is 78.2 Å². The molecule has 1 aromatic rings. The molecule has 0 radical (unpaired) electrons. The van der Waals surface area contributed by atoms with E-state index in [1.165, 1.54) is 0 Å². The number of aromatic nitrogens is 2. The number of likely N-dealkylation sites (N-methyl/N-ethyl adjacent to an activating group) is 1. The first-order valence-electron chi connectivity index (χ1n) is 7.98. The first-order chi connectivity index (χ1) is 10.1. The molecule has 0 aromatic carbocycles. The SMILES string of the molecule is CCCc1[nH]nc(C(=O)N2CCC(N(CC)CC)C2)c1N. The highest BCUT2D eigenvalue weighted by atomic mass is 16.2. The van der Waals surface area contributed by atoms with Gasteiger partial charge >= 0.3 is 0 Å². The van der Waals surface area contributed by atoms with E-state index in [1.807, 2.05) is 4.90 Å². The fraction of sp³-hybridized carbons (Fsp3) is 0.733. The minimum absolute atomic E-state index is 0.0410. The van der Waals surface area contributed by atoms with E-state index >= 15 is 0 Å². The van der Waals surface area contributed by atoms with E-state index in [9.17, 15) is 4.79 Å². The van der Waals surface area contributed by atoms with Crippen LogP contribution < -0.4 is 5.73 Å². The third-order valence-corrected chi connectivity index (χ3v) is 4.36. The van der Waals surface area contributed by atoms with Crippen molar-refractivity contribution in [3.8, 4) is 0 Å². The van der Waals surface area contributed by atoms with Gasteiger partial charge in [-0.2, -0.15) is 5.10 Å². The van der Waals surface area contributed by atoms with Crippen LogP contribution in [0.3, 0.4) is 0 Å². The molecule has 21 heavy (non-hydrogen) atoms. The number of nitrogen functional groups attached to an aromatic ring is 1. The zero-order valence-corrected chi connectivity index (χ0v) is 13.4. The third kappa shape index (κ3) is 3.20. The molecule has 0 spiro atoms. The molecular weight excluding hydrogens is 266 g/mol. The normalized spacial score (nSPS) is 18.7. The van der Waals surface area contributed by atoms with E-state index in [2.05, 4.69) is 35.9 Å². The molecule has 3 N–H and O–H groups in total. The number of nitrogens with zero attached hydrogens (tertiary/aromatic N) is 3. The maximum Gasteiger partial charge on any atom is 0.276 e. The number of H-pyrrole nitrogens is 1. The number of hydrogen-bond acceptors (Lipinski definition) is 4. The summed E-state index contributed by atoms with van der Waals surface area (Å²) in [4.78, 5) is 16.9. The Morgan fingerprint density at radius 2 is 2.14 bits per heavy atom. The van der Waals surface area contributed by atoms with Gasteiger partial charge in [-0.25, -0.2) is 0 Å². The number of hydrogen-bond donors (Lipinski definition) is 2. The second kappa shape index (κ2) is 6.93. The smallest absolute Gasteiger partial charge is 0.276 e. The Hall–Kier alpha value is -1.56. The molecule has 0 aliphatic carbocycles. The first-order valence-corrected chi connectivity index (χ1v) is 7.98. The molecule has 6 nitrogen and oxygen atoms in total. The van der Waals surface area contributed by atoms with Crippen LogP contribution >= 0.6 is 0 Å². The van der Waals surface area contributed by atoms with Crippen LogP contribution in [-0.2, 0) is 6.42 Å². The Labute approximate surface area is 126 Å². The minimum atomic E-state index is -0.0410. The fourth-order valence-corrected chi connectivity index (χ4v) is 3.10. The zero-order valence-electron chi connectivity index (χ0n) is 13.4. The lowest BCUT2D eigenvalue weighted by Gasteiger charge is -2.25. The van der Waals surface area contributed by atoms with Crippen LogP contribution in [0.2, 0.25) is 0 Å². The van der Waals surface area contributed by atoms with Crippen LogP contribution in [0.25, 0.3) is 0 Å². The average molecular weight is 293 g/mol. The van der Waals surface area contributed by atoms with E-state index in [1.54, 1.807) is 0 Å². The molecule has 1 amide bonds. The molecule has 1 aliphatic heterocycles. The molecule has 0 saturated carbocycles. The number of carbonyl (C=O) groups excluding carboxylic acids is 1. The molecule has 1 fully saturated rings. The number of likely N-dealkylation sites (tertiary alicyclic amines) is 1. The van der Waals surface area contributed by atoms with Gasteiger partial charge in [-0.3, -0.25) is 14.8 Å². The van der Waals surface area contributed by atoms with Gasteiger partial charge < -0.3 is 10.6 Å². The summed E-state index contributed by atoms with van der Waals surface area (Å²) in [5, 5.41) is 7.04. The molecule has 2 heterocycles. The number of rotatable bonds is 6. The third-order valence-electron chi connectivity index (χ3n) is 4.36. The molecule has 2 rings (SSSR count). The second-order valence-electron chi connectivity index (χ2n) is 5.63. The minimum Gasteiger partial charge on any atom is -0.395 e. The van der Waals surface area contributed by atoms with E-state index in [-0.39, 0.29) is 5.91 Å². The Bertz CT molecular complexity index is 480. The molecule has 1 aromatic heterocycles. The molecule has 118 valence electrons. The zero-order chi connectivity index (χ0) is 15.4. The van der Waals surface area contributed by atoms with E-state index in [0.29, 0.717) is 17.4 Å². The first kappa shape index (κ1) is 15.8. The van der Waals surface area contributed by atoms with Crippen molar-refractivity contribution in [1.82, 2.24) is 20.0 Å². The van der Waals surface area contributed by atoms with Crippen LogP contribution in [-0.4, -0.2) is 58.1 Å². The van der Waals surface area contributed by atoms with Crippen molar-refractivity contribution in [3.63, 3.8) is 0 Å².